The normalized spacial score (nSPS) is 18.4. The van der Waals surface area contributed by atoms with E-state index in [-0.39, 0.29) is 11.9 Å². The second-order valence-corrected chi connectivity index (χ2v) is 7.26. The lowest BCUT2D eigenvalue weighted by Gasteiger charge is -2.35. The summed E-state index contributed by atoms with van der Waals surface area (Å²) in [5, 5.41) is 0. The van der Waals surface area contributed by atoms with E-state index in [1.807, 2.05) is 20.8 Å². The van der Waals surface area contributed by atoms with Gasteiger partial charge in [0.15, 0.2) is 5.78 Å². The molecule has 0 N–H and O–H groups in total. The number of fused-ring (bicyclic) bond motifs is 1. The van der Waals surface area contributed by atoms with Crippen LogP contribution in [0.2, 0.25) is 0 Å². The van der Waals surface area contributed by atoms with Gasteiger partial charge >= 0.3 is 6.09 Å². The van der Waals surface area contributed by atoms with E-state index >= 15 is 0 Å². The third-order valence-electron chi connectivity index (χ3n) is 4.19. The molecular weight excluding hydrogens is 308 g/mol. The quantitative estimate of drug-likeness (QED) is 0.783. The number of carbonyl (C=O) groups excluding carboxylic acids is 2. The Kier molecular flexibility index (Phi) is 4.43. The minimum Gasteiger partial charge on any atom is -0.444 e. The zero-order valence-corrected chi connectivity index (χ0v) is 14.5. The van der Waals surface area contributed by atoms with Crippen molar-refractivity contribution >= 4 is 17.8 Å². The van der Waals surface area contributed by atoms with Crippen molar-refractivity contribution in [2.75, 3.05) is 31.1 Å². The van der Waals surface area contributed by atoms with Gasteiger partial charge in [-0.1, -0.05) is 0 Å². The second kappa shape index (κ2) is 6.37. The number of aromatic nitrogens is 2. The fourth-order valence-electron chi connectivity index (χ4n) is 2.95. The van der Waals surface area contributed by atoms with E-state index in [9.17, 15) is 9.59 Å². The van der Waals surface area contributed by atoms with Crippen molar-refractivity contribution in [1.82, 2.24) is 14.9 Å². The zero-order chi connectivity index (χ0) is 17.3. The van der Waals surface area contributed by atoms with Crippen LogP contribution in [0, 0.1) is 0 Å². The highest BCUT2D eigenvalue weighted by molar-refractivity contribution is 5.97. The first-order valence-corrected chi connectivity index (χ1v) is 8.45. The summed E-state index contributed by atoms with van der Waals surface area (Å²) in [6.45, 7) is 8.07. The van der Waals surface area contributed by atoms with Gasteiger partial charge in [0, 0.05) is 38.8 Å². The number of piperazine rings is 1. The zero-order valence-electron chi connectivity index (χ0n) is 14.5. The van der Waals surface area contributed by atoms with Crippen LogP contribution in [-0.4, -0.2) is 58.5 Å². The molecule has 7 nitrogen and oxygen atoms in total. The lowest BCUT2D eigenvalue weighted by atomic mass is 9.96. The van der Waals surface area contributed by atoms with Crippen molar-refractivity contribution in [3.63, 3.8) is 0 Å². The van der Waals surface area contributed by atoms with Gasteiger partial charge in [-0.2, -0.15) is 0 Å². The van der Waals surface area contributed by atoms with E-state index in [2.05, 4.69) is 14.9 Å². The Labute approximate surface area is 142 Å². The molecule has 3 rings (SSSR count). The Balaban J connectivity index is 1.63. The fourth-order valence-corrected chi connectivity index (χ4v) is 2.95. The number of hydrogen-bond acceptors (Lipinski definition) is 6. The van der Waals surface area contributed by atoms with Gasteiger partial charge in [-0.25, -0.2) is 14.8 Å². The SMILES string of the molecule is CC(C)(C)OC(=O)N1CCN(c2ncc3c(n2)CCCC3=O)CC1. The summed E-state index contributed by atoms with van der Waals surface area (Å²) in [5.74, 6) is 0.782. The maximum absolute atomic E-state index is 12.1. The number of nitrogens with zero attached hydrogens (tertiary/aromatic N) is 4. The van der Waals surface area contributed by atoms with Crippen LogP contribution in [0.15, 0.2) is 6.20 Å². The molecule has 130 valence electrons. The molecule has 0 saturated carbocycles. The molecule has 2 heterocycles. The molecule has 1 amide bonds. The van der Waals surface area contributed by atoms with Crippen molar-refractivity contribution in [3.8, 4) is 0 Å². The minimum absolute atomic E-state index is 0.137. The van der Waals surface area contributed by atoms with E-state index in [1.165, 1.54) is 0 Å². The average molecular weight is 332 g/mol. The molecule has 1 aliphatic carbocycles. The summed E-state index contributed by atoms with van der Waals surface area (Å²) in [4.78, 5) is 36.7. The number of anilines is 1. The summed E-state index contributed by atoms with van der Waals surface area (Å²) in [7, 11) is 0. The van der Waals surface area contributed by atoms with Crippen LogP contribution in [0.1, 0.15) is 49.7 Å². The Morgan fingerprint density at radius 1 is 1.17 bits per heavy atom. The van der Waals surface area contributed by atoms with Crippen LogP contribution in [0.5, 0.6) is 0 Å². The minimum atomic E-state index is -0.484. The van der Waals surface area contributed by atoms with E-state index in [0.29, 0.717) is 44.1 Å². The predicted molar refractivity (Wildman–Crippen MR) is 89.3 cm³/mol. The fraction of sp³-hybridized carbons (Fsp3) is 0.647. The lowest BCUT2D eigenvalue weighted by Crippen LogP contribution is -2.50. The molecule has 0 bridgehead atoms. The average Bonchev–Trinajstić information content (AvgIpc) is 2.53. The van der Waals surface area contributed by atoms with E-state index in [1.54, 1.807) is 11.1 Å². The lowest BCUT2D eigenvalue weighted by molar-refractivity contribution is 0.0240. The van der Waals surface area contributed by atoms with Crippen LogP contribution in [0.3, 0.4) is 0 Å². The predicted octanol–water partition coefficient (Wildman–Crippen LogP) is 2.05. The summed E-state index contributed by atoms with van der Waals surface area (Å²) in [6, 6.07) is 0. The van der Waals surface area contributed by atoms with Gasteiger partial charge in [0.1, 0.15) is 5.60 Å². The van der Waals surface area contributed by atoms with Gasteiger partial charge in [0.25, 0.3) is 0 Å². The number of aryl methyl sites for hydroxylation is 1. The molecular formula is C17H24N4O3. The first-order chi connectivity index (χ1) is 11.3. The highest BCUT2D eigenvalue weighted by Crippen LogP contribution is 2.22. The standard InChI is InChI=1S/C17H24N4O3/c1-17(2,3)24-16(23)21-9-7-20(8-10-21)15-18-11-12-13(19-15)5-4-6-14(12)22/h11H,4-10H2,1-3H3. The number of carbonyl (C=O) groups is 2. The van der Waals surface area contributed by atoms with Gasteiger partial charge in [-0.05, 0) is 33.6 Å². The van der Waals surface area contributed by atoms with E-state index in [4.69, 9.17) is 4.74 Å². The molecule has 0 unspecified atom stereocenters. The second-order valence-electron chi connectivity index (χ2n) is 7.26. The van der Waals surface area contributed by atoms with E-state index < -0.39 is 5.60 Å². The molecule has 1 saturated heterocycles. The van der Waals surface area contributed by atoms with Crippen molar-refractivity contribution in [2.45, 2.75) is 45.6 Å². The smallest absolute Gasteiger partial charge is 0.410 e. The highest BCUT2D eigenvalue weighted by atomic mass is 16.6. The Bertz CT molecular complexity index is 646. The molecule has 0 spiro atoms. The van der Waals surface area contributed by atoms with Crippen molar-refractivity contribution < 1.29 is 14.3 Å². The Hall–Kier alpha value is -2.18. The van der Waals surface area contributed by atoms with Crippen LogP contribution in [-0.2, 0) is 11.2 Å². The molecule has 1 fully saturated rings. The first-order valence-electron chi connectivity index (χ1n) is 8.45. The summed E-state index contributed by atoms with van der Waals surface area (Å²) >= 11 is 0. The summed E-state index contributed by atoms with van der Waals surface area (Å²) in [6.07, 6.45) is 3.64. The van der Waals surface area contributed by atoms with Gasteiger partial charge in [0.2, 0.25) is 5.95 Å². The monoisotopic (exact) mass is 332 g/mol. The van der Waals surface area contributed by atoms with E-state index in [0.717, 1.165) is 18.5 Å². The molecule has 0 radical (unpaired) electrons. The third kappa shape index (κ3) is 3.66. The maximum Gasteiger partial charge on any atom is 0.410 e. The molecule has 2 aliphatic rings. The number of hydrogen-bond donors (Lipinski definition) is 0. The van der Waals surface area contributed by atoms with Crippen LogP contribution >= 0.6 is 0 Å². The van der Waals surface area contributed by atoms with Crippen LogP contribution < -0.4 is 4.90 Å². The molecule has 1 aromatic rings. The van der Waals surface area contributed by atoms with Crippen molar-refractivity contribution in [3.05, 3.63) is 17.5 Å². The Morgan fingerprint density at radius 3 is 2.54 bits per heavy atom. The van der Waals surface area contributed by atoms with Crippen LogP contribution in [0.25, 0.3) is 0 Å². The number of rotatable bonds is 1. The molecule has 7 heteroatoms. The van der Waals surface area contributed by atoms with Gasteiger partial charge < -0.3 is 14.5 Å². The topological polar surface area (TPSA) is 75.6 Å². The first kappa shape index (κ1) is 16.7. The van der Waals surface area contributed by atoms with Gasteiger partial charge in [-0.15, -0.1) is 0 Å². The maximum atomic E-state index is 12.1. The molecule has 0 atom stereocenters. The Morgan fingerprint density at radius 2 is 1.88 bits per heavy atom. The molecule has 24 heavy (non-hydrogen) atoms. The molecule has 1 aromatic heterocycles. The van der Waals surface area contributed by atoms with Crippen molar-refractivity contribution in [1.29, 1.82) is 0 Å². The van der Waals surface area contributed by atoms with Gasteiger partial charge in [-0.3, -0.25) is 4.79 Å². The van der Waals surface area contributed by atoms with Gasteiger partial charge in [0.05, 0.1) is 11.3 Å². The van der Waals surface area contributed by atoms with Crippen LogP contribution in [0.4, 0.5) is 10.7 Å². The molecule has 1 aliphatic heterocycles. The largest absolute Gasteiger partial charge is 0.444 e. The van der Waals surface area contributed by atoms with Crippen molar-refractivity contribution in [2.24, 2.45) is 0 Å². The number of Topliss-reactive ketones (excluding diaryl/α,β-unsaturated/α-hetero) is 1. The summed E-state index contributed by atoms with van der Waals surface area (Å²) < 4.78 is 5.40. The summed E-state index contributed by atoms with van der Waals surface area (Å²) in [5.41, 5.74) is 1.03. The third-order valence-corrected chi connectivity index (χ3v) is 4.19. The number of ether oxygens (including phenoxy) is 1. The number of amides is 1. The number of ketones is 1. The molecule has 0 aromatic carbocycles. The highest BCUT2D eigenvalue weighted by Gasteiger charge is 2.27.